The lowest BCUT2D eigenvalue weighted by atomic mass is 10.2. The summed E-state index contributed by atoms with van der Waals surface area (Å²) in [4.78, 5) is 23.7. The number of carbonyl (C=O) groups excluding carboxylic acids is 1. The van der Waals surface area contributed by atoms with Crippen LogP contribution >= 0.6 is 0 Å². The third-order valence-corrected chi connectivity index (χ3v) is 4.08. The number of aryl methyl sites for hydroxylation is 1. The van der Waals surface area contributed by atoms with Gasteiger partial charge >= 0.3 is 0 Å². The average Bonchev–Trinajstić information content (AvgIpc) is 3.16. The number of carbonyl (C=O) groups is 1. The molecule has 1 atom stereocenters. The second kappa shape index (κ2) is 6.32. The first-order valence-electron chi connectivity index (χ1n) is 7.78. The van der Waals surface area contributed by atoms with E-state index in [-0.39, 0.29) is 12.0 Å². The topological polar surface area (TPSA) is 61.5 Å². The molecule has 0 radical (unpaired) electrons. The molecule has 1 N–H and O–H groups in total. The van der Waals surface area contributed by atoms with Crippen molar-refractivity contribution in [3.8, 4) is 5.75 Å². The normalized spacial score (nSPS) is 17.3. The van der Waals surface area contributed by atoms with Crippen LogP contribution in [0.3, 0.4) is 0 Å². The molecule has 2 aromatic rings. The molecule has 0 saturated carbocycles. The lowest BCUT2D eigenvalue weighted by Gasteiger charge is -2.20. The molecule has 1 aliphatic rings. The van der Waals surface area contributed by atoms with Crippen molar-refractivity contribution in [1.29, 1.82) is 0 Å². The minimum Gasteiger partial charge on any atom is -0.485 e. The van der Waals surface area contributed by atoms with E-state index >= 15 is 0 Å². The summed E-state index contributed by atoms with van der Waals surface area (Å²) in [5.74, 6) is 1.63. The zero-order valence-electron chi connectivity index (χ0n) is 13.7. The molecule has 1 aliphatic heterocycles. The zero-order chi connectivity index (χ0) is 16.4. The molecular formula is C17H22N4O2. The molecule has 2 aromatic heterocycles. The lowest BCUT2D eigenvalue weighted by Crippen LogP contribution is -2.31. The summed E-state index contributed by atoms with van der Waals surface area (Å²) >= 11 is 0. The second-order valence-corrected chi connectivity index (χ2v) is 6.02. The van der Waals surface area contributed by atoms with Crippen LogP contribution < -0.4 is 9.64 Å². The minimum atomic E-state index is 0.00102. The van der Waals surface area contributed by atoms with Gasteiger partial charge in [0.25, 0.3) is 5.91 Å². The highest BCUT2D eigenvalue weighted by Crippen LogP contribution is 2.27. The molecule has 23 heavy (non-hydrogen) atoms. The molecule has 1 saturated heterocycles. The Bertz CT molecular complexity index is 695. The number of nitrogens with zero attached hydrogens (tertiary/aromatic N) is 3. The molecule has 3 rings (SSSR count). The van der Waals surface area contributed by atoms with Crippen LogP contribution in [-0.4, -0.2) is 54.1 Å². The molecule has 0 aromatic carbocycles. The van der Waals surface area contributed by atoms with E-state index in [9.17, 15) is 4.79 Å². The largest absolute Gasteiger partial charge is 0.485 e. The number of amides is 1. The predicted molar refractivity (Wildman–Crippen MR) is 89.0 cm³/mol. The summed E-state index contributed by atoms with van der Waals surface area (Å²) in [6, 6.07) is 5.61. The molecule has 6 heteroatoms. The van der Waals surface area contributed by atoms with Crippen LogP contribution in [-0.2, 0) is 0 Å². The molecule has 0 bridgehead atoms. The van der Waals surface area contributed by atoms with Crippen molar-refractivity contribution in [3.05, 3.63) is 41.9 Å². The molecule has 0 unspecified atom stereocenters. The Morgan fingerprint density at radius 2 is 2.26 bits per heavy atom. The highest BCUT2D eigenvalue weighted by Gasteiger charge is 2.29. The Balaban J connectivity index is 1.67. The van der Waals surface area contributed by atoms with Crippen LogP contribution in [0.1, 0.15) is 22.5 Å². The van der Waals surface area contributed by atoms with Crippen LogP contribution in [0.4, 0.5) is 5.82 Å². The van der Waals surface area contributed by atoms with Gasteiger partial charge in [0.1, 0.15) is 6.10 Å². The SMILES string of the molecule is Cc1[nH]ccc1C(=O)N1CC[C@H](Oc2cccnc2N(C)C)C1. The monoisotopic (exact) mass is 314 g/mol. The van der Waals surface area contributed by atoms with E-state index in [1.165, 1.54) is 0 Å². The first-order valence-corrected chi connectivity index (χ1v) is 7.78. The number of nitrogens with one attached hydrogen (secondary N) is 1. The maximum Gasteiger partial charge on any atom is 0.255 e. The Kier molecular flexibility index (Phi) is 4.23. The standard InChI is InChI=1S/C17H22N4O2/c1-12-14(6-9-18-12)17(22)21-10-7-13(11-21)23-15-5-4-8-19-16(15)20(2)3/h4-6,8-9,13,18H,7,10-11H2,1-3H3/t13-/m0/s1. The van der Waals surface area contributed by atoms with E-state index in [1.807, 2.05) is 49.0 Å². The summed E-state index contributed by atoms with van der Waals surface area (Å²) in [5.41, 5.74) is 1.64. The van der Waals surface area contributed by atoms with E-state index in [2.05, 4.69) is 9.97 Å². The van der Waals surface area contributed by atoms with Crippen molar-refractivity contribution < 1.29 is 9.53 Å². The number of hydrogen-bond acceptors (Lipinski definition) is 4. The van der Waals surface area contributed by atoms with Crippen LogP contribution in [0.2, 0.25) is 0 Å². The number of aromatic amines is 1. The van der Waals surface area contributed by atoms with Gasteiger partial charge in [0.05, 0.1) is 12.1 Å². The number of anilines is 1. The molecule has 1 amide bonds. The third kappa shape index (κ3) is 3.16. The van der Waals surface area contributed by atoms with Gasteiger partial charge in [-0.15, -0.1) is 0 Å². The van der Waals surface area contributed by atoms with Crippen LogP contribution in [0.5, 0.6) is 5.75 Å². The Morgan fingerprint density at radius 1 is 1.43 bits per heavy atom. The van der Waals surface area contributed by atoms with Crippen LogP contribution in [0.25, 0.3) is 0 Å². The van der Waals surface area contributed by atoms with Crippen molar-refractivity contribution in [1.82, 2.24) is 14.9 Å². The molecule has 0 aliphatic carbocycles. The number of aromatic nitrogens is 2. The van der Waals surface area contributed by atoms with Gasteiger partial charge in [0.2, 0.25) is 0 Å². The van der Waals surface area contributed by atoms with Crippen LogP contribution in [0, 0.1) is 6.92 Å². The number of hydrogen-bond donors (Lipinski definition) is 1. The van der Waals surface area contributed by atoms with Gasteiger partial charge in [0, 0.05) is 45.1 Å². The van der Waals surface area contributed by atoms with Gasteiger partial charge in [-0.05, 0) is 25.1 Å². The van der Waals surface area contributed by atoms with Crippen LogP contribution in [0.15, 0.2) is 30.6 Å². The number of likely N-dealkylation sites (tertiary alicyclic amines) is 1. The number of ether oxygens (including phenoxy) is 1. The fourth-order valence-corrected chi connectivity index (χ4v) is 2.85. The van der Waals surface area contributed by atoms with Gasteiger partial charge in [-0.1, -0.05) is 0 Å². The maximum atomic E-state index is 12.5. The Hall–Kier alpha value is -2.50. The lowest BCUT2D eigenvalue weighted by molar-refractivity contribution is 0.0772. The van der Waals surface area contributed by atoms with E-state index in [0.29, 0.717) is 13.1 Å². The summed E-state index contributed by atoms with van der Waals surface area (Å²) < 4.78 is 6.09. The molecule has 1 fully saturated rings. The number of rotatable bonds is 4. The highest BCUT2D eigenvalue weighted by atomic mass is 16.5. The van der Waals surface area contributed by atoms with Gasteiger partial charge in [-0.2, -0.15) is 0 Å². The molecule has 6 nitrogen and oxygen atoms in total. The highest BCUT2D eigenvalue weighted by molar-refractivity contribution is 5.95. The third-order valence-electron chi connectivity index (χ3n) is 4.08. The van der Waals surface area contributed by atoms with E-state index in [0.717, 1.165) is 29.2 Å². The van der Waals surface area contributed by atoms with Crippen molar-refractivity contribution in [2.45, 2.75) is 19.4 Å². The van der Waals surface area contributed by atoms with E-state index in [1.54, 1.807) is 12.4 Å². The van der Waals surface area contributed by atoms with Crippen molar-refractivity contribution in [2.24, 2.45) is 0 Å². The number of pyridine rings is 1. The first-order chi connectivity index (χ1) is 11.1. The first kappa shape index (κ1) is 15.4. The average molecular weight is 314 g/mol. The summed E-state index contributed by atoms with van der Waals surface area (Å²) in [6.07, 6.45) is 4.38. The Morgan fingerprint density at radius 3 is 2.96 bits per heavy atom. The van der Waals surface area contributed by atoms with E-state index in [4.69, 9.17) is 4.74 Å². The van der Waals surface area contributed by atoms with Gasteiger partial charge in [0.15, 0.2) is 11.6 Å². The molecule has 0 spiro atoms. The number of H-pyrrole nitrogens is 1. The van der Waals surface area contributed by atoms with Crippen molar-refractivity contribution in [2.75, 3.05) is 32.1 Å². The van der Waals surface area contributed by atoms with Crippen molar-refractivity contribution in [3.63, 3.8) is 0 Å². The fraction of sp³-hybridized carbons (Fsp3) is 0.412. The maximum absolute atomic E-state index is 12.5. The molecule has 122 valence electrons. The molecular weight excluding hydrogens is 292 g/mol. The van der Waals surface area contributed by atoms with Crippen molar-refractivity contribution >= 4 is 11.7 Å². The van der Waals surface area contributed by atoms with Gasteiger partial charge in [-0.3, -0.25) is 4.79 Å². The Labute approximate surface area is 136 Å². The van der Waals surface area contributed by atoms with Gasteiger partial charge in [-0.25, -0.2) is 4.98 Å². The summed E-state index contributed by atoms with van der Waals surface area (Å²) in [7, 11) is 3.88. The summed E-state index contributed by atoms with van der Waals surface area (Å²) in [6.45, 7) is 3.23. The predicted octanol–water partition coefficient (Wildman–Crippen LogP) is 2.08. The molecule has 3 heterocycles. The minimum absolute atomic E-state index is 0.00102. The quantitative estimate of drug-likeness (QED) is 0.938. The summed E-state index contributed by atoms with van der Waals surface area (Å²) in [5, 5.41) is 0. The van der Waals surface area contributed by atoms with Gasteiger partial charge < -0.3 is 19.5 Å². The second-order valence-electron chi connectivity index (χ2n) is 6.02. The smallest absolute Gasteiger partial charge is 0.255 e. The zero-order valence-corrected chi connectivity index (χ0v) is 13.7. The fourth-order valence-electron chi connectivity index (χ4n) is 2.85. The van der Waals surface area contributed by atoms with E-state index < -0.39 is 0 Å².